The van der Waals surface area contributed by atoms with Crippen LogP contribution in [0, 0.1) is 68.0 Å². The van der Waals surface area contributed by atoms with Crippen molar-refractivity contribution >= 4 is 109 Å². The highest BCUT2D eigenvalue weighted by Gasteiger charge is 2.34. The van der Waals surface area contributed by atoms with E-state index in [1.165, 1.54) is 0 Å². The number of para-hydroxylation sites is 2. The predicted octanol–water partition coefficient (Wildman–Crippen LogP) is 20.8. The van der Waals surface area contributed by atoms with Gasteiger partial charge in [0.2, 0.25) is 0 Å². The molecule has 19 rings (SSSR count). The molecule has 0 aliphatic rings. The monoisotopic (exact) mass is 1280 g/mol. The largest absolute Gasteiger partial charge is 0.309 e. The second-order valence-electron chi connectivity index (χ2n) is 25.4. The van der Waals surface area contributed by atoms with E-state index in [4.69, 9.17) is 4.98 Å². The van der Waals surface area contributed by atoms with Crippen molar-refractivity contribution in [2.24, 2.45) is 0 Å². The van der Waals surface area contributed by atoms with Gasteiger partial charge in [-0.05, 0) is 186 Å². The number of pyridine rings is 1. The minimum Gasteiger partial charge on any atom is -0.309 e. The van der Waals surface area contributed by atoms with Crippen molar-refractivity contribution in [1.82, 2.24) is 27.8 Å². The lowest BCUT2D eigenvalue weighted by Gasteiger charge is -2.27. The normalized spacial score (nSPS) is 11.5. The van der Waals surface area contributed by atoms with Gasteiger partial charge >= 0.3 is 0 Å². The second kappa shape index (κ2) is 22.3. The van der Waals surface area contributed by atoms with Gasteiger partial charge in [0, 0.05) is 65.1 Å². The summed E-state index contributed by atoms with van der Waals surface area (Å²) in [6.45, 7) is 0. The Hall–Kier alpha value is -15.1. The van der Waals surface area contributed by atoms with Crippen LogP contribution in [0.3, 0.4) is 0 Å². The molecule has 0 aliphatic heterocycles. The smallest absolute Gasteiger partial charge is 0.165 e. The number of hydrogen-bond acceptors (Lipinski definition) is 7. The van der Waals surface area contributed by atoms with E-state index in [1.54, 1.807) is 0 Å². The van der Waals surface area contributed by atoms with Gasteiger partial charge in [-0.25, -0.2) is 4.98 Å². The van der Waals surface area contributed by atoms with E-state index in [9.17, 15) is 31.6 Å². The molecule has 0 saturated carbocycles. The molecule has 0 spiro atoms. The maximum absolute atomic E-state index is 10.8. The molecular formula is C89H46N12. The van der Waals surface area contributed by atoms with Crippen LogP contribution in [0.5, 0.6) is 0 Å². The lowest BCUT2D eigenvalue weighted by atomic mass is 9.98. The summed E-state index contributed by atoms with van der Waals surface area (Å²) in [5, 5.41) is 72.9. The molecule has 6 aromatic heterocycles. The van der Waals surface area contributed by atoms with Gasteiger partial charge in [-0.15, -0.1) is 0 Å². The third-order valence-corrected chi connectivity index (χ3v) is 20.0. The number of benzene rings is 13. The van der Waals surface area contributed by atoms with Gasteiger partial charge < -0.3 is 13.7 Å². The standard InChI is InChI=1S/C89H46N12/c90-47-53-20-30-76-67(38-53)68-39-54(48-91)21-31-77(68)98(76)86-85(63-26-29-66-65-18-10-11-19-75(65)97(84(66)46-63)64-16-8-3-9-17-64)87(99-78-32-22-55(49-92)40-69(78)70-41-56(50-93)23-33-79(70)99)89(96-88(86)100-80-34-24-57(51-94)42-71(80)72-43-58(52-95)25-35-81(72)100)101-82-36-27-61(59-12-4-1-5-13-59)44-73(82)74-45-62(28-37-83(74)101)60-14-6-2-7-15-60/h1-46H. The summed E-state index contributed by atoms with van der Waals surface area (Å²) in [7, 11) is 0. The van der Waals surface area contributed by atoms with Crippen LogP contribution in [0.25, 0.3) is 171 Å². The van der Waals surface area contributed by atoms with Crippen LogP contribution in [0.15, 0.2) is 279 Å². The first-order valence-corrected chi connectivity index (χ1v) is 32.8. The van der Waals surface area contributed by atoms with Gasteiger partial charge in [0.05, 0.1) is 125 Å². The molecule has 12 heteroatoms. The van der Waals surface area contributed by atoms with E-state index < -0.39 is 0 Å². The fourth-order valence-electron chi connectivity index (χ4n) is 15.6. The van der Waals surface area contributed by atoms with E-state index in [1.807, 2.05) is 127 Å². The molecule has 13 aromatic carbocycles. The van der Waals surface area contributed by atoms with E-state index in [-0.39, 0.29) is 0 Å². The van der Waals surface area contributed by atoms with Crippen LogP contribution in [-0.4, -0.2) is 27.8 Å². The summed E-state index contributed by atoms with van der Waals surface area (Å²) in [5.74, 6) is 0.937. The summed E-state index contributed by atoms with van der Waals surface area (Å²) in [6.07, 6.45) is 0. The number of nitrogens with zero attached hydrogens (tertiary/aromatic N) is 12. The molecule has 0 N–H and O–H groups in total. The van der Waals surface area contributed by atoms with Gasteiger partial charge in [-0.1, -0.05) is 121 Å². The Morgan fingerprint density at radius 1 is 0.208 bits per heavy atom. The molecule has 0 radical (unpaired) electrons. The highest BCUT2D eigenvalue weighted by atomic mass is 15.2. The third kappa shape index (κ3) is 8.58. The summed E-state index contributed by atoms with van der Waals surface area (Å²) < 4.78 is 11.2. The Morgan fingerprint density at radius 2 is 0.505 bits per heavy atom. The summed E-state index contributed by atoms with van der Waals surface area (Å²) in [4.78, 5) is 6.47. The zero-order valence-electron chi connectivity index (χ0n) is 53.4. The Bertz CT molecular complexity index is 6830. The van der Waals surface area contributed by atoms with Crippen molar-refractivity contribution in [1.29, 1.82) is 31.6 Å². The lowest BCUT2D eigenvalue weighted by molar-refractivity contribution is 0.961. The van der Waals surface area contributed by atoms with Crippen LogP contribution in [0.1, 0.15) is 33.4 Å². The zero-order chi connectivity index (χ0) is 67.7. The first kappa shape index (κ1) is 57.4. The summed E-state index contributed by atoms with van der Waals surface area (Å²) in [6, 6.07) is 108. The van der Waals surface area contributed by atoms with Gasteiger partial charge in [0.1, 0.15) is 11.4 Å². The maximum atomic E-state index is 10.8. The SMILES string of the molecule is N#Cc1ccc2c(c1)c1cc(C#N)ccc1n2-c1nc(-n2c3ccc(-c4ccccc4)cc3c3cc(-c4ccccc4)ccc32)c(-n2c3ccc(C#N)cc3c3cc(C#N)ccc32)c(-c2ccc3c4ccccc4n(-c4ccccc4)c3c2)c1-n1c2ccc(C#N)cc2c2cc(C#N)ccc21. The number of hydrogen-bond donors (Lipinski definition) is 0. The molecule has 12 nitrogen and oxygen atoms in total. The molecular weight excluding hydrogens is 1240 g/mol. The molecule has 0 atom stereocenters. The highest BCUT2D eigenvalue weighted by Crippen LogP contribution is 2.51. The predicted molar refractivity (Wildman–Crippen MR) is 401 cm³/mol. The number of aromatic nitrogens is 6. The average molecular weight is 1280 g/mol. The molecule has 462 valence electrons. The van der Waals surface area contributed by atoms with Gasteiger partial charge in [-0.3, -0.25) is 9.13 Å². The fourth-order valence-corrected chi connectivity index (χ4v) is 15.6. The topological polar surface area (TPSA) is 180 Å². The van der Waals surface area contributed by atoms with Crippen molar-refractivity contribution < 1.29 is 0 Å². The van der Waals surface area contributed by atoms with Crippen LogP contribution in [0.2, 0.25) is 0 Å². The zero-order valence-corrected chi connectivity index (χ0v) is 53.4. The minimum atomic E-state index is 0.424. The molecule has 0 aliphatic carbocycles. The van der Waals surface area contributed by atoms with Crippen LogP contribution < -0.4 is 0 Å². The maximum Gasteiger partial charge on any atom is 0.165 e. The molecule has 6 heterocycles. The van der Waals surface area contributed by atoms with Crippen molar-refractivity contribution in [2.45, 2.75) is 0 Å². The van der Waals surface area contributed by atoms with Gasteiger partial charge in [-0.2, -0.15) is 31.6 Å². The summed E-state index contributed by atoms with van der Waals surface area (Å²) in [5.41, 5.74) is 18.1. The van der Waals surface area contributed by atoms with Crippen LogP contribution >= 0.6 is 0 Å². The lowest BCUT2D eigenvalue weighted by Crippen LogP contribution is -2.16. The Labute approximate surface area is 576 Å². The minimum absolute atomic E-state index is 0.424. The van der Waals surface area contributed by atoms with Crippen molar-refractivity contribution in [3.8, 4) is 98.5 Å². The first-order valence-electron chi connectivity index (χ1n) is 32.8. The van der Waals surface area contributed by atoms with Gasteiger partial charge in [0.25, 0.3) is 0 Å². The quantitative estimate of drug-likeness (QED) is 0.145. The van der Waals surface area contributed by atoms with E-state index in [0.29, 0.717) is 106 Å². The van der Waals surface area contributed by atoms with Gasteiger partial charge in [0.15, 0.2) is 11.6 Å². The fraction of sp³-hybridized carbons (Fsp3) is 0. The summed E-state index contributed by atoms with van der Waals surface area (Å²) >= 11 is 0. The van der Waals surface area contributed by atoms with Crippen LogP contribution in [0.4, 0.5) is 0 Å². The van der Waals surface area contributed by atoms with E-state index in [0.717, 1.165) is 98.9 Å². The Kier molecular flexibility index (Phi) is 12.7. The average Bonchev–Trinajstić information content (AvgIpc) is 1.57. The molecule has 0 saturated heterocycles. The Balaban J connectivity index is 1.12. The number of nitriles is 6. The molecule has 101 heavy (non-hydrogen) atoms. The third-order valence-electron chi connectivity index (χ3n) is 20.0. The molecule has 0 fully saturated rings. The Morgan fingerprint density at radius 3 is 0.881 bits per heavy atom. The number of fused-ring (bicyclic) bond motifs is 15. The molecule has 19 aromatic rings. The van der Waals surface area contributed by atoms with E-state index in [2.05, 4.69) is 211 Å². The van der Waals surface area contributed by atoms with Crippen LogP contribution in [-0.2, 0) is 0 Å². The number of rotatable bonds is 8. The van der Waals surface area contributed by atoms with Crippen molar-refractivity contribution in [3.63, 3.8) is 0 Å². The molecule has 0 unspecified atom stereocenters. The molecule has 0 bridgehead atoms. The van der Waals surface area contributed by atoms with E-state index >= 15 is 0 Å². The molecule has 0 amide bonds. The second-order valence-corrected chi connectivity index (χ2v) is 25.4. The first-order chi connectivity index (χ1) is 49.8. The van der Waals surface area contributed by atoms with Crippen molar-refractivity contribution in [2.75, 3.05) is 0 Å². The van der Waals surface area contributed by atoms with Crippen molar-refractivity contribution in [3.05, 3.63) is 312 Å². The highest BCUT2D eigenvalue weighted by molar-refractivity contribution is 6.18.